The van der Waals surface area contributed by atoms with Crippen LogP contribution in [0.3, 0.4) is 0 Å². The highest BCUT2D eigenvalue weighted by Crippen LogP contribution is 2.28. The zero-order chi connectivity index (χ0) is 10.8. The summed E-state index contributed by atoms with van der Waals surface area (Å²) in [6.45, 7) is 5.40. The molecular formula is C10H14NO2S-. The van der Waals surface area contributed by atoms with E-state index in [2.05, 4.69) is 4.72 Å². The zero-order valence-electron chi connectivity index (χ0n) is 8.61. The van der Waals surface area contributed by atoms with E-state index in [0.717, 1.165) is 11.1 Å². The highest BCUT2D eigenvalue weighted by atomic mass is 32.2. The van der Waals surface area contributed by atoms with E-state index in [0.29, 0.717) is 5.69 Å². The number of rotatable bonds is 3. The third-order valence-electron chi connectivity index (χ3n) is 2.18. The highest BCUT2D eigenvalue weighted by molar-refractivity contribution is 7.94. The molecule has 0 radical (unpaired) electrons. The lowest BCUT2D eigenvalue weighted by Crippen LogP contribution is -1.99. The fourth-order valence-corrected chi connectivity index (χ4v) is 1.68. The lowest BCUT2D eigenvalue weighted by molar-refractivity contribution is 0.604. The van der Waals surface area contributed by atoms with Gasteiger partial charge in [-0.15, -0.1) is 5.69 Å². The minimum Gasteiger partial charge on any atom is -0.577 e. The summed E-state index contributed by atoms with van der Waals surface area (Å²) in [6.07, 6.45) is 0. The molecule has 0 aliphatic carbocycles. The van der Waals surface area contributed by atoms with Crippen LogP contribution in [0, 0.1) is 13.8 Å². The van der Waals surface area contributed by atoms with E-state index in [1.807, 2.05) is 26.0 Å². The van der Waals surface area contributed by atoms with Gasteiger partial charge in [0.05, 0.1) is 10.0 Å². The van der Waals surface area contributed by atoms with Gasteiger partial charge in [-0.3, -0.25) is 0 Å². The summed E-state index contributed by atoms with van der Waals surface area (Å²) in [7, 11) is -3.29. The van der Waals surface area contributed by atoms with E-state index in [9.17, 15) is 8.42 Å². The van der Waals surface area contributed by atoms with Gasteiger partial charge in [-0.2, -0.15) is 0 Å². The van der Waals surface area contributed by atoms with Crippen molar-refractivity contribution in [1.29, 1.82) is 0 Å². The average Bonchev–Trinajstić information content (AvgIpc) is 2.13. The Labute approximate surface area is 85.2 Å². The van der Waals surface area contributed by atoms with Crippen LogP contribution < -0.4 is 0 Å². The number of aryl methyl sites for hydroxylation is 1. The molecule has 0 saturated carbocycles. The second kappa shape index (κ2) is 4.00. The molecule has 0 bridgehead atoms. The summed E-state index contributed by atoms with van der Waals surface area (Å²) >= 11 is 0. The van der Waals surface area contributed by atoms with Crippen LogP contribution in [-0.4, -0.2) is 14.2 Å². The first-order chi connectivity index (χ1) is 6.46. The Morgan fingerprint density at radius 1 is 1.29 bits per heavy atom. The SMILES string of the molecule is CCS(=O)(=O)[N-]c1cccc(C)c1C. The predicted molar refractivity (Wildman–Crippen MR) is 58.4 cm³/mol. The van der Waals surface area contributed by atoms with Gasteiger partial charge in [-0.1, -0.05) is 30.7 Å². The van der Waals surface area contributed by atoms with Gasteiger partial charge in [0.2, 0.25) is 0 Å². The molecule has 0 saturated heterocycles. The summed E-state index contributed by atoms with van der Waals surface area (Å²) in [4.78, 5) is 0. The molecule has 0 heterocycles. The first kappa shape index (κ1) is 11.0. The van der Waals surface area contributed by atoms with Crippen LogP contribution >= 0.6 is 0 Å². The summed E-state index contributed by atoms with van der Waals surface area (Å²) in [5.74, 6) is 0.0420. The van der Waals surface area contributed by atoms with Crippen molar-refractivity contribution < 1.29 is 8.42 Å². The fourth-order valence-electron chi connectivity index (χ4n) is 1.05. The molecule has 1 rings (SSSR count). The smallest absolute Gasteiger partial charge is 0.0935 e. The molecule has 4 heteroatoms. The third-order valence-corrected chi connectivity index (χ3v) is 3.38. The molecule has 3 nitrogen and oxygen atoms in total. The van der Waals surface area contributed by atoms with Gasteiger partial charge in [0.25, 0.3) is 0 Å². The van der Waals surface area contributed by atoms with Crippen LogP contribution in [0.5, 0.6) is 0 Å². The molecule has 14 heavy (non-hydrogen) atoms. The maximum absolute atomic E-state index is 11.3. The van der Waals surface area contributed by atoms with Crippen molar-refractivity contribution in [1.82, 2.24) is 0 Å². The summed E-state index contributed by atoms with van der Waals surface area (Å²) in [6, 6.07) is 5.47. The fraction of sp³-hybridized carbons (Fsp3) is 0.400. The van der Waals surface area contributed by atoms with E-state index < -0.39 is 10.0 Å². The van der Waals surface area contributed by atoms with E-state index >= 15 is 0 Å². The van der Waals surface area contributed by atoms with Crippen molar-refractivity contribution >= 4 is 15.7 Å². The third kappa shape index (κ3) is 2.48. The van der Waals surface area contributed by atoms with E-state index in [-0.39, 0.29) is 5.75 Å². The molecule has 0 unspecified atom stereocenters. The van der Waals surface area contributed by atoms with E-state index in [1.165, 1.54) is 0 Å². The van der Waals surface area contributed by atoms with Gasteiger partial charge in [0.1, 0.15) is 0 Å². The largest absolute Gasteiger partial charge is 0.577 e. The summed E-state index contributed by atoms with van der Waals surface area (Å²) < 4.78 is 26.3. The first-order valence-electron chi connectivity index (χ1n) is 4.48. The van der Waals surface area contributed by atoms with Crippen LogP contribution in [-0.2, 0) is 10.0 Å². The molecule has 1 aromatic carbocycles. The Bertz CT molecular complexity index is 424. The maximum atomic E-state index is 11.3. The maximum Gasteiger partial charge on any atom is 0.0935 e. The Morgan fingerprint density at radius 2 is 1.93 bits per heavy atom. The van der Waals surface area contributed by atoms with Crippen molar-refractivity contribution in [3.05, 3.63) is 34.0 Å². The number of hydrogen-bond donors (Lipinski definition) is 0. The molecule has 0 N–H and O–H groups in total. The lowest BCUT2D eigenvalue weighted by atomic mass is 10.1. The van der Waals surface area contributed by atoms with Crippen LogP contribution in [0.15, 0.2) is 18.2 Å². The predicted octanol–water partition coefficient (Wildman–Crippen LogP) is 2.66. The van der Waals surface area contributed by atoms with Gasteiger partial charge in [-0.25, -0.2) is 8.42 Å². The standard InChI is InChI=1S/C10H14NO2S/c1-4-14(12,13)11-10-7-5-6-8(2)9(10)3/h5-7H,4H2,1-3H3/q-1. The molecular weight excluding hydrogens is 198 g/mol. The van der Waals surface area contributed by atoms with E-state index in [4.69, 9.17) is 0 Å². The van der Waals surface area contributed by atoms with Crippen LogP contribution in [0.25, 0.3) is 4.72 Å². The van der Waals surface area contributed by atoms with Crippen LogP contribution in [0.1, 0.15) is 18.1 Å². The first-order valence-corrected chi connectivity index (χ1v) is 6.09. The van der Waals surface area contributed by atoms with Crippen molar-refractivity contribution in [3.8, 4) is 0 Å². The number of sulfonamides is 1. The molecule has 0 aliphatic rings. The molecule has 0 fully saturated rings. The van der Waals surface area contributed by atoms with Gasteiger partial charge < -0.3 is 4.72 Å². The Morgan fingerprint density at radius 3 is 2.50 bits per heavy atom. The lowest BCUT2D eigenvalue weighted by Gasteiger charge is -2.23. The van der Waals surface area contributed by atoms with E-state index in [1.54, 1.807) is 13.0 Å². The molecule has 78 valence electrons. The molecule has 0 aromatic heterocycles. The molecule has 0 atom stereocenters. The molecule has 0 aliphatic heterocycles. The van der Waals surface area contributed by atoms with Crippen molar-refractivity contribution in [2.24, 2.45) is 0 Å². The number of hydrogen-bond acceptors (Lipinski definition) is 2. The average molecular weight is 212 g/mol. The Kier molecular flexibility index (Phi) is 3.16. The number of nitrogens with zero attached hydrogens (tertiary/aromatic N) is 1. The summed E-state index contributed by atoms with van der Waals surface area (Å²) in [5.41, 5.74) is 2.52. The topological polar surface area (TPSA) is 48.2 Å². The molecule has 0 spiro atoms. The van der Waals surface area contributed by atoms with Crippen molar-refractivity contribution in [2.75, 3.05) is 5.75 Å². The monoisotopic (exact) mass is 212 g/mol. The molecule has 1 aromatic rings. The van der Waals surface area contributed by atoms with Gasteiger partial charge in [-0.05, 0) is 19.4 Å². The van der Waals surface area contributed by atoms with Crippen molar-refractivity contribution in [2.45, 2.75) is 20.8 Å². The minimum absolute atomic E-state index is 0.0420. The zero-order valence-corrected chi connectivity index (χ0v) is 9.43. The Balaban J connectivity index is 3.05. The Hall–Kier alpha value is -1.03. The van der Waals surface area contributed by atoms with Gasteiger partial charge in [0, 0.05) is 5.75 Å². The minimum atomic E-state index is -3.29. The highest BCUT2D eigenvalue weighted by Gasteiger charge is 1.97. The molecule has 0 amide bonds. The second-order valence-electron chi connectivity index (χ2n) is 3.18. The van der Waals surface area contributed by atoms with Gasteiger partial charge >= 0.3 is 0 Å². The normalized spacial score (nSPS) is 11.4. The van der Waals surface area contributed by atoms with Crippen LogP contribution in [0.2, 0.25) is 0 Å². The second-order valence-corrected chi connectivity index (χ2v) is 5.10. The van der Waals surface area contributed by atoms with Gasteiger partial charge in [0.15, 0.2) is 0 Å². The van der Waals surface area contributed by atoms with Crippen LogP contribution in [0.4, 0.5) is 5.69 Å². The number of benzene rings is 1. The summed E-state index contributed by atoms with van der Waals surface area (Å²) in [5, 5.41) is 0. The van der Waals surface area contributed by atoms with Crippen molar-refractivity contribution in [3.63, 3.8) is 0 Å². The quantitative estimate of drug-likeness (QED) is 0.773.